The molecule has 136 valence electrons. The van der Waals surface area contributed by atoms with Crippen LogP contribution in [0.3, 0.4) is 0 Å². The first-order valence-corrected chi connectivity index (χ1v) is 9.66. The summed E-state index contributed by atoms with van der Waals surface area (Å²) < 4.78 is 0. The van der Waals surface area contributed by atoms with E-state index < -0.39 is 0 Å². The molecule has 0 bridgehead atoms. The summed E-state index contributed by atoms with van der Waals surface area (Å²) in [7, 11) is 1.89. The van der Waals surface area contributed by atoms with Crippen LogP contribution in [0.4, 0.5) is 0 Å². The molecule has 2 heterocycles. The summed E-state index contributed by atoms with van der Waals surface area (Å²) in [5.41, 5.74) is 1.40. The van der Waals surface area contributed by atoms with Crippen molar-refractivity contribution in [3.05, 3.63) is 60.2 Å². The lowest BCUT2D eigenvalue weighted by Crippen LogP contribution is -2.43. The first kappa shape index (κ1) is 17.1. The van der Waals surface area contributed by atoms with Crippen LogP contribution in [0.15, 0.2) is 59.6 Å². The largest absolute Gasteiger partial charge is 0.356 e. The lowest BCUT2D eigenvalue weighted by molar-refractivity contribution is 0.259. The average molecular weight is 348 g/mol. The number of nitrogens with one attached hydrogen (secondary N) is 1. The van der Waals surface area contributed by atoms with E-state index in [2.05, 4.69) is 74.7 Å². The maximum Gasteiger partial charge on any atom is 0.193 e. The Kier molecular flexibility index (Phi) is 5.21. The Morgan fingerprint density at radius 3 is 2.77 bits per heavy atom. The van der Waals surface area contributed by atoms with Crippen molar-refractivity contribution >= 4 is 16.7 Å². The SMILES string of the molecule is CN=C(NCCc1cccc2ccccc12)N1CCC(N2CC=CC2)C1. The molecular weight excluding hydrogens is 320 g/mol. The highest BCUT2D eigenvalue weighted by molar-refractivity contribution is 5.85. The van der Waals surface area contributed by atoms with Gasteiger partial charge in [0.15, 0.2) is 5.96 Å². The van der Waals surface area contributed by atoms with Gasteiger partial charge in [-0.3, -0.25) is 9.89 Å². The van der Waals surface area contributed by atoms with Crippen LogP contribution in [0.1, 0.15) is 12.0 Å². The molecule has 2 aliphatic heterocycles. The van der Waals surface area contributed by atoms with E-state index in [-0.39, 0.29) is 0 Å². The van der Waals surface area contributed by atoms with Gasteiger partial charge in [-0.05, 0) is 29.2 Å². The molecule has 0 aliphatic carbocycles. The number of rotatable bonds is 4. The van der Waals surface area contributed by atoms with Crippen molar-refractivity contribution in [3.63, 3.8) is 0 Å². The summed E-state index contributed by atoms with van der Waals surface area (Å²) in [4.78, 5) is 9.49. The number of aliphatic imine (C=N–C) groups is 1. The normalized spacial score (nSPS) is 21.0. The fourth-order valence-corrected chi connectivity index (χ4v) is 4.18. The van der Waals surface area contributed by atoms with Gasteiger partial charge in [0, 0.05) is 45.8 Å². The molecule has 1 N–H and O–H groups in total. The predicted octanol–water partition coefficient (Wildman–Crippen LogP) is 2.90. The highest BCUT2D eigenvalue weighted by Crippen LogP contribution is 2.19. The van der Waals surface area contributed by atoms with Crippen LogP contribution in [0.2, 0.25) is 0 Å². The topological polar surface area (TPSA) is 30.9 Å². The Hall–Kier alpha value is -2.33. The Labute approximate surface area is 156 Å². The van der Waals surface area contributed by atoms with Crippen molar-refractivity contribution < 1.29 is 0 Å². The molecule has 0 spiro atoms. The lowest BCUT2D eigenvalue weighted by atomic mass is 10.0. The molecule has 1 atom stereocenters. The Bertz CT molecular complexity index is 797. The van der Waals surface area contributed by atoms with Gasteiger partial charge in [-0.1, -0.05) is 54.6 Å². The smallest absolute Gasteiger partial charge is 0.193 e. The molecule has 4 rings (SSSR count). The Balaban J connectivity index is 1.33. The van der Waals surface area contributed by atoms with E-state index in [0.29, 0.717) is 6.04 Å². The van der Waals surface area contributed by atoms with E-state index >= 15 is 0 Å². The number of hydrogen-bond acceptors (Lipinski definition) is 2. The van der Waals surface area contributed by atoms with Crippen LogP contribution in [0.25, 0.3) is 10.8 Å². The van der Waals surface area contributed by atoms with Crippen molar-refractivity contribution in [2.45, 2.75) is 18.9 Å². The second-order valence-electron chi connectivity index (χ2n) is 7.18. The minimum Gasteiger partial charge on any atom is -0.356 e. The molecular formula is C22H28N4. The summed E-state index contributed by atoms with van der Waals surface area (Å²) in [6.07, 6.45) is 6.79. The monoisotopic (exact) mass is 348 g/mol. The van der Waals surface area contributed by atoms with Crippen LogP contribution >= 0.6 is 0 Å². The maximum absolute atomic E-state index is 4.52. The third-order valence-corrected chi connectivity index (χ3v) is 5.60. The molecule has 2 aliphatic rings. The second-order valence-corrected chi connectivity index (χ2v) is 7.18. The second kappa shape index (κ2) is 7.92. The molecule has 1 saturated heterocycles. The fourth-order valence-electron chi connectivity index (χ4n) is 4.18. The number of likely N-dealkylation sites (tertiary alicyclic amines) is 1. The minimum atomic E-state index is 0.654. The van der Waals surface area contributed by atoms with Gasteiger partial charge in [0.25, 0.3) is 0 Å². The summed E-state index contributed by atoms with van der Waals surface area (Å²) in [6, 6.07) is 15.9. The number of fused-ring (bicyclic) bond motifs is 1. The van der Waals surface area contributed by atoms with Gasteiger partial charge < -0.3 is 10.2 Å². The summed E-state index contributed by atoms with van der Waals surface area (Å²) in [5, 5.41) is 6.25. The van der Waals surface area contributed by atoms with Crippen molar-refractivity contribution in [2.75, 3.05) is 39.8 Å². The van der Waals surface area contributed by atoms with Crippen molar-refractivity contribution in [1.82, 2.24) is 15.1 Å². The third-order valence-electron chi connectivity index (χ3n) is 5.60. The maximum atomic E-state index is 4.52. The molecule has 2 aromatic rings. The zero-order chi connectivity index (χ0) is 17.8. The molecule has 4 nitrogen and oxygen atoms in total. The fraction of sp³-hybridized carbons (Fsp3) is 0.409. The molecule has 1 fully saturated rings. The first-order chi connectivity index (χ1) is 12.8. The van der Waals surface area contributed by atoms with Crippen LogP contribution in [-0.2, 0) is 6.42 Å². The minimum absolute atomic E-state index is 0.654. The molecule has 4 heteroatoms. The van der Waals surface area contributed by atoms with Gasteiger partial charge in [-0.2, -0.15) is 0 Å². The number of benzene rings is 2. The van der Waals surface area contributed by atoms with Crippen molar-refractivity contribution in [2.24, 2.45) is 4.99 Å². The number of guanidine groups is 1. The molecule has 0 saturated carbocycles. The molecule has 26 heavy (non-hydrogen) atoms. The zero-order valence-corrected chi connectivity index (χ0v) is 15.6. The van der Waals surface area contributed by atoms with Crippen molar-refractivity contribution in [3.8, 4) is 0 Å². The number of nitrogens with zero attached hydrogens (tertiary/aromatic N) is 3. The zero-order valence-electron chi connectivity index (χ0n) is 15.6. The standard InChI is InChI=1S/C22H28N4/c1-23-22(26-16-12-20(17-26)25-14-4-5-15-25)24-13-11-19-9-6-8-18-7-2-3-10-21(18)19/h2-10,20H,11-17H2,1H3,(H,23,24). The van der Waals surface area contributed by atoms with E-state index in [1.165, 1.54) is 22.8 Å². The first-order valence-electron chi connectivity index (χ1n) is 9.66. The van der Waals surface area contributed by atoms with Crippen LogP contribution in [-0.4, -0.2) is 61.6 Å². The van der Waals surface area contributed by atoms with E-state index in [1.54, 1.807) is 0 Å². The van der Waals surface area contributed by atoms with Crippen molar-refractivity contribution in [1.29, 1.82) is 0 Å². The lowest BCUT2D eigenvalue weighted by Gasteiger charge is -2.25. The van der Waals surface area contributed by atoms with Crippen LogP contribution < -0.4 is 5.32 Å². The molecule has 2 aromatic carbocycles. The summed E-state index contributed by atoms with van der Waals surface area (Å²) in [6.45, 7) is 5.29. The Morgan fingerprint density at radius 2 is 1.92 bits per heavy atom. The van der Waals surface area contributed by atoms with Gasteiger partial charge in [-0.15, -0.1) is 0 Å². The molecule has 0 radical (unpaired) electrons. The van der Waals surface area contributed by atoms with Crippen LogP contribution in [0.5, 0.6) is 0 Å². The van der Waals surface area contributed by atoms with E-state index in [9.17, 15) is 0 Å². The highest BCUT2D eigenvalue weighted by atomic mass is 15.3. The Morgan fingerprint density at radius 1 is 1.12 bits per heavy atom. The van der Waals surface area contributed by atoms with E-state index in [4.69, 9.17) is 0 Å². The van der Waals surface area contributed by atoms with Gasteiger partial charge in [0.05, 0.1) is 0 Å². The van der Waals surface area contributed by atoms with Gasteiger partial charge in [-0.25, -0.2) is 0 Å². The summed E-state index contributed by atoms with van der Waals surface area (Å²) >= 11 is 0. The van der Waals surface area contributed by atoms with Crippen LogP contribution in [0, 0.1) is 0 Å². The third kappa shape index (κ3) is 3.61. The quantitative estimate of drug-likeness (QED) is 0.524. The average Bonchev–Trinajstić information content (AvgIpc) is 3.37. The van der Waals surface area contributed by atoms with Gasteiger partial charge >= 0.3 is 0 Å². The molecule has 0 amide bonds. The van der Waals surface area contributed by atoms with E-state index in [0.717, 1.165) is 45.1 Å². The van der Waals surface area contributed by atoms with Gasteiger partial charge in [0.2, 0.25) is 0 Å². The predicted molar refractivity (Wildman–Crippen MR) is 110 cm³/mol. The summed E-state index contributed by atoms with van der Waals surface area (Å²) in [5.74, 6) is 1.04. The molecule has 1 unspecified atom stereocenters. The number of hydrogen-bond donors (Lipinski definition) is 1. The van der Waals surface area contributed by atoms with Gasteiger partial charge in [0.1, 0.15) is 0 Å². The molecule has 0 aromatic heterocycles. The van der Waals surface area contributed by atoms with E-state index in [1.807, 2.05) is 7.05 Å². The highest BCUT2D eigenvalue weighted by Gasteiger charge is 2.29.